The van der Waals surface area contributed by atoms with Gasteiger partial charge in [0.15, 0.2) is 0 Å². The van der Waals surface area contributed by atoms with Crippen LogP contribution >= 0.6 is 0 Å². The van der Waals surface area contributed by atoms with E-state index in [4.69, 9.17) is 15.0 Å². The minimum Gasteiger partial charge on any atom is -0.493 e. The highest BCUT2D eigenvalue weighted by atomic mass is 16.5. The second-order valence-corrected chi connectivity index (χ2v) is 6.31. The van der Waals surface area contributed by atoms with Crippen LogP contribution in [-0.2, 0) is 12.8 Å². The first-order valence-corrected chi connectivity index (χ1v) is 8.33. The van der Waals surface area contributed by atoms with Crippen LogP contribution in [0.5, 0.6) is 5.75 Å². The fourth-order valence-corrected chi connectivity index (χ4v) is 3.51. The van der Waals surface area contributed by atoms with E-state index in [0.717, 1.165) is 51.1 Å². The van der Waals surface area contributed by atoms with Crippen LogP contribution in [0.15, 0.2) is 22.7 Å². The molecule has 2 N–H and O–H groups in total. The number of primary amides is 1. The van der Waals surface area contributed by atoms with Gasteiger partial charge in [0.05, 0.1) is 12.6 Å². The van der Waals surface area contributed by atoms with Crippen LogP contribution in [-0.4, -0.2) is 40.6 Å². The lowest BCUT2D eigenvalue weighted by Gasteiger charge is -2.21. The summed E-state index contributed by atoms with van der Waals surface area (Å²) in [6.07, 6.45) is 3.99. The maximum absolute atomic E-state index is 11.1. The Balaban J connectivity index is 1.42. The Morgan fingerprint density at radius 3 is 3.17 bits per heavy atom. The first-order valence-electron chi connectivity index (χ1n) is 8.33. The lowest BCUT2D eigenvalue weighted by atomic mass is 10.1. The summed E-state index contributed by atoms with van der Waals surface area (Å²) in [5.74, 6) is 0.802. The third-order valence-corrected chi connectivity index (χ3v) is 4.75. The zero-order chi connectivity index (χ0) is 16.5. The molecule has 2 aliphatic heterocycles. The number of hydrogen-bond acceptors (Lipinski definition) is 6. The van der Waals surface area contributed by atoms with Crippen LogP contribution in [0.1, 0.15) is 46.5 Å². The summed E-state index contributed by atoms with van der Waals surface area (Å²) < 4.78 is 10.8. The van der Waals surface area contributed by atoms with E-state index in [1.807, 2.05) is 0 Å². The number of nitrogens with two attached hydrogens (primary N) is 1. The van der Waals surface area contributed by atoms with Gasteiger partial charge in [-0.25, -0.2) is 0 Å². The van der Waals surface area contributed by atoms with Gasteiger partial charge in [0, 0.05) is 13.0 Å². The molecule has 0 spiro atoms. The van der Waals surface area contributed by atoms with E-state index in [1.54, 1.807) is 0 Å². The Morgan fingerprint density at radius 2 is 2.33 bits per heavy atom. The molecule has 0 aliphatic carbocycles. The van der Waals surface area contributed by atoms with E-state index in [1.165, 1.54) is 11.1 Å². The van der Waals surface area contributed by atoms with Gasteiger partial charge in [0.1, 0.15) is 5.75 Å². The van der Waals surface area contributed by atoms with E-state index < -0.39 is 5.91 Å². The number of aromatic nitrogens is 2. The summed E-state index contributed by atoms with van der Waals surface area (Å²) in [6, 6.07) is 6.51. The molecule has 1 unspecified atom stereocenters. The molecule has 1 aromatic carbocycles. The number of carbonyl (C=O) groups excluding carboxylic acids is 1. The second-order valence-electron chi connectivity index (χ2n) is 6.31. The fourth-order valence-electron chi connectivity index (χ4n) is 3.51. The van der Waals surface area contributed by atoms with Crippen molar-refractivity contribution >= 4 is 5.91 Å². The van der Waals surface area contributed by atoms with Crippen molar-refractivity contribution in [1.82, 2.24) is 15.0 Å². The van der Waals surface area contributed by atoms with Gasteiger partial charge in [-0.15, -0.1) is 0 Å². The average Bonchev–Trinajstić information content (AvgIpc) is 3.30. The predicted octanol–water partition coefficient (Wildman–Crippen LogP) is 1.48. The minimum atomic E-state index is -0.657. The normalized spacial score (nSPS) is 20.1. The van der Waals surface area contributed by atoms with Gasteiger partial charge >= 0.3 is 0 Å². The maximum atomic E-state index is 11.1. The topological polar surface area (TPSA) is 94.5 Å². The monoisotopic (exact) mass is 328 g/mol. The molecule has 0 radical (unpaired) electrons. The number of fused-ring (bicyclic) bond motifs is 1. The summed E-state index contributed by atoms with van der Waals surface area (Å²) in [7, 11) is 0. The average molecular weight is 328 g/mol. The van der Waals surface area contributed by atoms with E-state index in [9.17, 15) is 4.79 Å². The van der Waals surface area contributed by atoms with Crippen molar-refractivity contribution in [3.63, 3.8) is 0 Å². The molecule has 0 bridgehead atoms. The fraction of sp³-hybridized carbons (Fsp3) is 0.471. The Labute approximate surface area is 139 Å². The van der Waals surface area contributed by atoms with Crippen molar-refractivity contribution in [3.05, 3.63) is 41.0 Å². The molecule has 126 valence electrons. The number of rotatable bonds is 5. The van der Waals surface area contributed by atoms with Gasteiger partial charge in [-0.1, -0.05) is 17.3 Å². The van der Waals surface area contributed by atoms with Gasteiger partial charge in [-0.05, 0) is 43.0 Å². The predicted molar refractivity (Wildman–Crippen MR) is 85.7 cm³/mol. The van der Waals surface area contributed by atoms with Crippen LogP contribution in [0.4, 0.5) is 0 Å². The molecule has 0 saturated carbocycles. The molecule has 24 heavy (non-hydrogen) atoms. The van der Waals surface area contributed by atoms with Crippen LogP contribution in [0.25, 0.3) is 0 Å². The largest absolute Gasteiger partial charge is 0.493 e. The van der Waals surface area contributed by atoms with Crippen molar-refractivity contribution < 1.29 is 14.1 Å². The van der Waals surface area contributed by atoms with Crippen molar-refractivity contribution in [1.29, 1.82) is 0 Å². The molecule has 1 amide bonds. The Kier molecular flexibility index (Phi) is 3.93. The van der Waals surface area contributed by atoms with Gasteiger partial charge in [0.25, 0.3) is 11.7 Å². The number of ether oxygens (including phenoxy) is 1. The number of carbonyl (C=O) groups is 1. The highest BCUT2D eigenvalue weighted by Crippen LogP contribution is 2.31. The molecule has 3 heterocycles. The molecule has 2 aromatic rings. The molecular formula is C17H20N4O3. The molecule has 7 heteroatoms. The van der Waals surface area contributed by atoms with E-state index in [0.29, 0.717) is 5.89 Å². The molecule has 1 saturated heterocycles. The first kappa shape index (κ1) is 15.1. The summed E-state index contributed by atoms with van der Waals surface area (Å²) in [4.78, 5) is 17.6. The zero-order valence-electron chi connectivity index (χ0n) is 13.4. The number of amides is 1. The van der Waals surface area contributed by atoms with Crippen molar-refractivity contribution in [2.24, 2.45) is 5.73 Å². The molecule has 1 aromatic heterocycles. The number of likely N-dealkylation sites (tertiary alicyclic amines) is 1. The van der Waals surface area contributed by atoms with Crippen molar-refractivity contribution in [2.45, 2.75) is 31.7 Å². The van der Waals surface area contributed by atoms with Crippen molar-refractivity contribution in [3.8, 4) is 5.75 Å². The first-order chi connectivity index (χ1) is 11.7. The summed E-state index contributed by atoms with van der Waals surface area (Å²) >= 11 is 0. The van der Waals surface area contributed by atoms with E-state index >= 15 is 0 Å². The lowest BCUT2D eigenvalue weighted by molar-refractivity contribution is 0.0987. The van der Waals surface area contributed by atoms with Gasteiger partial charge in [0.2, 0.25) is 5.89 Å². The van der Waals surface area contributed by atoms with E-state index in [-0.39, 0.29) is 11.9 Å². The lowest BCUT2D eigenvalue weighted by Crippen LogP contribution is -2.26. The summed E-state index contributed by atoms with van der Waals surface area (Å²) in [5.41, 5.74) is 7.80. The maximum Gasteiger partial charge on any atom is 0.290 e. The molecule has 1 fully saturated rings. The molecule has 4 rings (SSSR count). The van der Waals surface area contributed by atoms with Crippen LogP contribution in [0.2, 0.25) is 0 Å². The Bertz CT molecular complexity index is 758. The third-order valence-electron chi connectivity index (χ3n) is 4.75. The van der Waals surface area contributed by atoms with Crippen molar-refractivity contribution in [2.75, 3.05) is 19.7 Å². The highest BCUT2D eigenvalue weighted by molar-refractivity contribution is 5.88. The quantitative estimate of drug-likeness (QED) is 0.893. The molecular weight excluding hydrogens is 308 g/mol. The Hall–Kier alpha value is -2.41. The van der Waals surface area contributed by atoms with Gasteiger partial charge in [-0.3, -0.25) is 9.69 Å². The molecule has 1 atom stereocenters. The van der Waals surface area contributed by atoms with Gasteiger partial charge in [-0.2, -0.15) is 4.98 Å². The highest BCUT2D eigenvalue weighted by Gasteiger charge is 2.31. The molecule has 2 aliphatic rings. The summed E-state index contributed by atoms with van der Waals surface area (Å²) in [6.45, 7) is 2.69. The Morgan fingerprint density at radius 1 is 1.42 bits per heavy atom. The zero-order valence-corrected chi connectivity index (χ0v) is 13.4. The standard InChI is InChI=1S/C17H20N4O3/c18-15(22)16-19-17(24-20-16)13-2-1-7-21(13)8-5-11-3-4-14-12(10-11)6-9-23-14/h3-4,10,13H,1-2,5-9H2,(H2,18,22). The number of benzene rings is 1. The van der Waals surface area contributed by atoms with E-state index in [2.05, 4.69) is 33.2 Å². The van der Waals surface area contributed by atoms with Crippen LogP contribution in [0.3, 0.4) is 0 Å². The number of nitrogens with zero attached hydrogens (tertiary/aromatic N) is 3. The molecule has 7 nitrogen and oxygen atoms in total. The van der Waals surface area contributed by atoms with Gasteiger partial charge < -0.3 is 15.0 Å². The van der Waals surface area contributed by atoms with Crippen LogP contribution in [0, 0.1) is 0 Å². The second kappa shape index (κ2) is 6.24. The third kappa shape index (κ3) is 2.87. The smallest absolute Gasteiger partial charge is 0.290 e. The summed E-state index contributed by atoms with van der Waals surface area (Å²) in [5, 5.41) is 3.65. The van der Waals surface area contributed by atoms with Crippen LogP contribution < -0.4 is 10.5 Å². The number of hydrogen-bond donors (Lipinski definition) is 1. The SMILES string of the molecule is NC(=O)c1noc(C2CCCN2CCc2ccc3c(c2)CCO3)n1. The minimum absolute atomic E-state index is 0.0459.